The van der Waals surface area contributed by atoms with E-state index in [0.29, 0.717) is 30.8 Å². The summed E-state index contributed by atoms with van der Waals surface area (Å²) in [6.07, 6.45) is 7.62. The van der Waals surface area contributed by atoms with Crippen LogP contribution in [0.25, 0.3) is 0 Å². The minimum absolute atomic E-state index is 0.0943. The Hall–Kier alpha value is -2.82. The number of aliphatic hydroxyl groups is 1. The molecule has 1 aromatic carbocycles. The highest BCUT2D eigenvalue weighted by Gasteiger charge is 2.55. The summed E-state index contributed by atoms with van der Waals surface area (Å²) >= 11 is 0. The SMILES string of the molecule is C[Si](C)(C)CN1CCN(c2ccc(N3CCN(OC(=O)NC4[C@@H]5CC6C[C@H]4CC(O)(C6)C5)c4ccccc43)nc2)CC1. The third-order valence-corrected chi connectivity index (χ3v) is 11.5. The van der Waals surface area contributed by atoms with Crippen LogP contribution in [0.5, 0.6) is 0 Å². The lowest BCUT2D eigenvalue weighted by Crippen LogP contribution is -2.62. The largest absolute Gasteiger partial charge is 0.431 e. The summed E-state index contributed by atoms with van der Waals surface area (Å²) in [5.41, 5.74) is 2.51. The Bertz CT molecular complexity index is 1280. The molecule has 2 aromatic rings. The molecular weight excluding hydrogens is 544 g/mol. The summed E-state index contributed by atoms with van der Waals surface area (Å²) in [7, 11) is -1.09. The fraction of sp³-hybridized carbons (Fsp3) is 0.625. The monoisotopic (exact) mass is 590 g/mol. The number of hydroxylamine groups is 1. The number of carbonyl (C=O) groups excluding carboxylic acids is 1. The second-order valence-corrected chi connectivity index (χ2v) is 20.1. The fourth-order valence-electron chi connectivity index (χ4n) is 8.71. The van der Waals surface area contributed by atoms with Crippen molar-refractivity contribution in [1.29, 1.82) is 0 Å². The Morgan fingerprint density at radius 3 is 2.33 bits per heavy atom. The van der Waals surface area contributed by atoms with E-state index in [0.717, 1.165) is 75.5 Å². The molecule has 8 rings (SSSR count). The van der Waals surface area contributed by atoms with E-state index in [1.807, 2.05) is 24.4 Å². The molecule has 2 aliphatic heterocycles. The first kappa shape index (κ1) is 28.0. The van der Waals surface area contributed by atoms with Gasteiger partial charge in [-0.05, 0) is 80.3 Å². The highest BCUT2D eigenvalue weighted by Crippen LogP contribution is 2.55. The van der Waals surface area contributed by atoms with Gasteiger partial charge in [-0.25, -0.2) is 14.8 Å². The zero-order chi connectivity index (χ0) is 29.1. The number of piperazine rings is 1. The van der Waals surface area contributed by atoms with Crippen LogP contribution in [0.15, 0.2) is 42.6 Å². The lowest BCUT2D eigenvalue weighted by molar-refractivity contribution is -0.137. The molecule has 226 valence electrons. The second kappa shape index (κ2) is 10.7. The molecule has 4 saturated carbocycles. The minimum atomic E-state index is -1.09. The molecule has 0 spiro atoms. The molecule has 10 heteroatoms. The van der Waals surface area contributed by atoms with E-state index >= 15 is 0 Å². The van der Waals surface area contributed by atoms with Gasteiger partial charge in [0, 0.05) is 38.8 Å². The molecule has 6 aliphatic rings. The third-order valence-electron chi connectivity index (χ3n) is 10.1. The van der Waals surface area contributed by atoms with Crippen LogP contribution >= 0.6 is 0 Å². The van der Waals surface area contributed by atoms with Crippen molar-refractivity contribution in [2.45, 2.75) is 63.4 Å². The maximum absolute atomic E-state index is 13.2. The summed E-state index contributed by atoms with van der Waals surface area (Å²) in [5, 5.41) is 15.8. The number of pyridine rings is 1. The van der Waals surface area contributed by atoms with Crippen LogP contribution in [0.4, 0.5) is 27.7 Å². The van der Waals surface area contributed by atoms with E-state index in [4.69, 9.17) is 9.82 Å². The molecule has 5 fully saturated rings. The average Bonchev–Trinajstić information content (AvgIpc) is 2.94. The number of nitrogens with one attached hydrogen (secondary N) is 1. The van der Waals surface area contributed by atoms with Crippen molar-refractivity contribution in [2.24, 2.45) is 17.8 Å². The average molecular weight is 591 g/mol. The van der Waals surface area contributed by atoms with Gasteiger partial charge in [0.1, 0.15) is 5.82 Å². The molecule has 2 N–H and O–H groups in total. The number of amides is 1. The van der Waals surface area contributed by atoms with E-state index in [-0.39, 0.29) is 6.04 Å². The molecule has 3 unspecified atom stereocenters. The van der Waals surface area contributed by atoms with Crippen LogP contribution in [-0.2, 0) is 4.84 Å². The van der Waals surface area contributed by atoms with Gasteiger partial charge in [-0.15, -0.1) is 0 Å². The second-order valence-electron chi connectivity index (χ2n) is 14.7. The molecule has 1 amide bonds. The van der Waals surface area contributed by atoms with E-state index in [9.17, 15) is 9.90 Å². The van der Waals surface area contributed by atoms with Gasteiger partial charge in [0.25, 0.3) is 0 Å². The summed E-state index contributed by atoms with van der Waals surface area (Å²) < 4.78 is 0. The van der Waals surface area contributed by atoms with Crippen LogP contribution < -0.4 is 20.2 Å². The van der Waals surface area contributed by atoms with E-state index in [1.54, 1.807) is 5.06 Å². The number of benzene rings is 1. The molecule has 1 aromatic heterocycles. The Balaban J connectivity index is 0.987. The molecule has 5 atom stereocenters. The van der Waals surface area contributed by atoms with Crippen molar-refractivity contribution in [2.75, 3.05) is 60.3 Å². The summed E-state index contributed by atoms with van der Waals surface area (Å²) in [6, 6.07) is 12.5. The third kappa shape index (κ3) is 5.60. The van der Waals surface area contributed by atoms with Gasteiger partial charge in [-0.2, -0.15) is 0 Å². The first-order valence-electron chi connectivity index (χ1n) is 15.9. The number of hydrogen-bond donors (Lipinski definition) is 2. The first-order chi connectivity index (χ1) is 20.1. The van der Waals surface area contributed by atoms with Gasteiger partial charge < -0.3 is 30.0 Å². The molecular formula is C32H46N6O3Si. The van der Waals surface area contributed by atoms with Gasteiger partial charge in [0.2, 0.25) is 0 Å². The number of fused-ring (bicyclic) bond motifs is 1. The lowest BCUT2D eigenvalue weighted by atomic mass is 9.52. The van der Waals surface area contributed by atoms with Gasteiger partial charge in [-0.1, -0.05) is 31.8 Å². The van der Waals surface area contributed by atoms with Gasteiger partial charge >= 0.3 is 6.09 Å². The Morgan fingerprint density at radius 2 is 1.69 bits per heavy atom. The number of aromatic nitrogens is 1. The van der Waals surface area contributed by atoms with Crippen molar-refractivity contribution >= 4 is 37.0 Å². The summed E-state index contributed by atoms with van der Waals surface area (Å²) in [6.45, 7) is 12.8. The number of carbonyl (C=O) groups is 1. The smallest absolute Gasteiger partial charge is 0.390 e. The van der Waals surface area contributed by atoms with E-state index in [1.165, 1.54) is 11.9 Å². The van der Waals surface area contributed by atoms with Crippen LogP contribution in [0.2, 0.25) is 19.6 Å². The Morgan fingerprint density at radius 1 is 0.976 bits per heavy atom. The molecule has 0 radical (unpaired) electrons. The number of rotatable bonds is 6. The topological polar surface area (TPSA) is 84.4 Å². The highest BCUT2D eigenvalue weighted by atomic mass is 28.3. The number of nitrogens with zero attached hydrogens (tertiary/aromatic N) is 5. The van der Waals surface area contributed by atoms with E-state index in [2.05, 4.69) is 57.9 Å². The Kier molecular flexibility index (Phi) is 7.14. The standard InChI is InChI=1S/C32H46N6O3Si/c1-42(2,3)22-35-10-12-36(13-11-35)26-8-9-29(33-21-26)37-14-15-38(28-7-5-4-6-27(28)37)41-31(39)34-30-24-16-23-17-25(30)20-32(40,18-23)19-24/h4-9,21,23-25,30,40H,10-20,22H2,1-3H3,(H,34,39)/t23?,24-,25+,30?,32?. The molecule has 9 nitrogen and oxygen atoms in total. The van der Waals surface area contributed by atoms with Crippen LogP contribution in [0, 0.1) is 17.8 Å². The normalized spacial score (nSPS) is 30.8. The summed E-state index contributed by atoms with van der Waals surface area (Å²) in [4.78, 5) is 31.2. The predicted molar refractivity (Wildman–Crippen MR) is 169 cm³/mol. The minimum Gasteiger partial charge on any atom is -0.390 e. The molecule has 4 bridgehead atoms. The molecule has 42 heavy (non-hydrogen) atoms. The molecule has 3 heterocycles. The van der Waals surface area contributed by atoms with Gasteiger partial charge in [0.05, 0.1) is 43.5 Å². The van der Waals surface area contributed by atoms with Crippen molar-refractivity contribution in [3.63, 3.8) is 0 Å². The lowest BCUT2D eigenvalue weighted by Gasteiger charge is -2.57. The van der Waals surface area contributed by atoms with Crippen molar-refractivity contribution in [3.8, 4) is 0 Å². The highest BCUT2D eigenvalue weighted by molar-refractivity contribution is 6.76. The quantitative estimate of drug-likeness (QED) is 0.472. The van der Waals surface area contributed by atoms with Gasteiger partial charge in [-0.3, -0.25) is 0 Å². The zero-order valence-corrected chi connectivity index (χ0v) is 26.3. The summed E-state index contributed by atoms with van der Waals surface area (Å²) in [5.74, 6) is 2.20. The number of para-hydroxylation sites is 2. The van der Waals surface area contributed by atoms with Crippen molar-refractivity contribution < 1.29 is 14.7 Å². The van der Waals surface area contributed by atoms with Crippen molar-refractivity contribution in [3.05, 3.63) is 42.6 Å². The van der Waals surface area contributed by atoms with Crippen molar-refractivity contribution in [1.82, 2.24) is 15.2 Å². The molecule has 4 aliphatic carbocycles. The number of hydrogen-bond acceptors (Lipinski definition) is 8. The van der Waals surface area contributed by atoms with Crippen LogP contribution in [0.3, 0.4) is 0 Å². The molecule has 1 saturated heterocycles. The van der Waals surface area contributed by atoms with Crippen LogP contribution in [0.1, 0.15) is 32.1 Å². The predicted octanol–water partition coefficient (Wildman–Crippen LogP) is 4.62. The maximum atomic E-state index is 13.2. The fourth-order valence-corrected chi connectivity index (χ4v) is 10.4. The van der Waals surface area contributed by atoms with E-state index < -0.39 is 19.8 Å². The van der Waals surface area contributed by atoms with Crippen LogP contribution in [-0.4, -0.2) is 86.2 Å². The first-order valence-corrected chi connectivity index (χ1v) is 19.6. The van der Waals surface area contributed by atoms with Gasteiger partial charge in [0.15, 0.2) is 0 Å². The Labute approximate surface area is 250 Å². The number of anilines is 4. The zero-order valence-electron chi connectivity index (χ0n) is 25.3. The maximum Gasteiger partial charge on any atom is 0.431 e.